The molecule has 7 nitrogen and oxygen atoms in total. The van der Waals surface area contributed by atoms with E-state index in [1.807, 2.05) is 24.3 Å². The number of hydrogen-bond acceptors (Lipinski definition) is 5. The minimum absolute atomic E-state index is 0.198. The molecule has 0 aliphatic carbocycles. The van der Waals surface area contributed by atoms with Crippen LogP contribution in [0.3, 0.4) is 0 Å². The van der Waals surface area contributed by atoms with Crippen molar-refractivity contribution in [2.45, 2.75) is 44.9 Å². The van der Waals surface area contributed by atoms with Gasteiger partial charge in [-0.25, -0.2) is 14.8 Å². The zero-order valence-electron chi connectivity index (χ0n) is 20.0. The van der Waals surface area contributed by atoms with Crippen LogP contribution < -0.4 is 16.1 Å². The monoisotopic (exact) mass is 494 g/mol. The summed E-state index contributed by atoms with van der Waals surface area (Å²) in [7, 11) is 0. The average Bonchev–Trinajstić information content (AvgIpc) is 3.39. The van der Waals surface area contributed by atoms with E-state index in [0.29, 0.717) is 22.7 Å². The smallest absolute Gasteiger partial charge is 0.305 e. The maximum Gasteiger partial charge on any atom is 0.416 e. The Morgan fingerprint density at radius 2 is 1.81 bits per heavy atom. The number of hydrazine groups is 1. The van der Waals surface area contributed by atoms with E-state index in [2.05, 4.69) is 29.2 Å². The number of fused-ring (bicyclic) bond motifs is 1. The normalized spacial score (nSPS) is 17.8. The summed E-state index contributed by atoms with van der Waals surface area (Å²) in [6.45, 7) is 5.50. The van der Waals surface area contributed by atoms with Gasteiger partial charge in [0.25, 0.3) is 0 Å². The predicted octanol–water partition coefficient (Wildman–Crippen LogP) is 5.12. The summed E-state index contributed by atoms with van der Waals surface area (Å²) in [5, 5.41) is 1.07. The van der Waals surface area contributed by atoms with Crippen molar-refractivity contribution in [2.75, 3.05) is 5.01 Å². The maximum atomic E-state index is 13.6. The maximum absolute atomic E-state index is 13.6. The molecule has 4 aromatic rings. The van der Waals surface area contributed by atoms with E-state index in [0.717, 1.165) is 34.7 Å². The number of nitrogens with zero attached hydrogens (tertiary/aromatic N) is 4. The van der Waals surface area contributed by atoms with E-state index in [1.54, 1.807) is 30.5 Å². The first kappa shape index (κ1) is 23.7. The molecule has 36 heavy (non-hydrogen) atoms. The molecule has 2 aromatic heterocycles. The average molecular weight is 495 g/mol. The number of anilines is 1. The first-order chi connectivity index (χ1) is 17.1. The Morgan fingerprint density at radius 1 is 1.08 bits per heavy atom. The minimum atomic E-state index is -4.46. The Morgan fingerprint density at radius 3 is 2.50 bits per heavy atom. The molecule has 1 atom stereocenters. The zero-order valence-corrected chi connectivity index (χ0v) is 20.0. The van der Waals surface area contributed by atoms with Gasteiger partial charge in [0.15, 0.2) is 17.0 Å². The Balaban J connectivity index is 1.47. The van der Waals surface area contributed by atoms with Gasteiger partial charge < -0.3 is 10.4 Å². The lowest BCUT2D eigenvalue weighted by molar-refractivity contribution is -0.167. The van der Waals surface area contributed by atoms with Crippen LogP contribution in [0, 0.1) is 0 Å². The summed E-state index contributed by atoms with van der Waals surface area (Å²) < 4.78 is 42.4. The number of nitrogens with one attached hydrogen (secondary N) is 2. The highest BCUT2D eigenvalue weighted by atomic mass is 19.4. The summed E-state index contributed by atoms with van der Waals surface area (Å²) in [6.07, 6.45) is -0.503. The second-order valence-corrected chi connectivity index (χ2v) is 9.30. The number of aromatic amines is 1. The Labute approximate surface area is 205 Å². The van der Waals surface area contributed by atoms with E-state index < -0.39 is 11.7 Å². The molecule has 0 spiro atoms. The molecule has 0 saturated carbocycles. The molecule has 2 N–H and O–H groups in total. The van der Waals surface area contributed by atoms with Crippen molar-refractivity contribution >= 4 is 16.9 Å². The van der Waals surface area contributed by atoms with Gasteiger partial charge in [-0.05, 0) is 42.2 Å². The lowest BCUT2D eigenvalue weighted by Gasteiger charge is -2.37. The highest BCUT2D eigenvalue weighted by Gasteiger charge is 2.55. The van der Waals surface area contributed by atoms with Crippen molar-refractivity contribution in [3.05, 3.63) is 88.6 Å². The van der Waals surface area contributed by atoms with Crippen LogP contribution in [-0.2, 0) is 6.54 Å². The highest BCUT2D eigenvalue weighted by Crippen LogP contribution is 2.40. The molecule has 0 bridgehead atoms. The zero-order chi connectivity index (χ0) is 25.7. The number of alkyl halides is 3. The molecular formula is C26H25F3N6O. The second-order valence-electron chi connectivity index (χ2n) is 9.30. The SMILES string of the molecule is CC(C)c1ccccc1-c1ncc2[nH]c(=O)n(Cc3ccc(N4NC=CC4(C)C(F)(F)F)cc3)c2n1. The van der Waals surface area contributed by atoms with Crippen LogP contribution in [0.15, 0.2) is 71.8 Å². The van der Waals surface area contributed by atoms with Gasteiger partial charge in [-0.3, -0.25) is 9.58 Å². The first-order valence-corrected chi connectivity index (χ1v) is 11.5. The van der Waals surface area contributed by atoms with Crippen molar-refractivity contribution in [2.24, 2.45) is 0 Å². The highest BCUT2D eigenvalue weighted by molar-refractivity contribution is 5.73. The van der Waals surface area contributed by atoms with Crippen LogP contribution >= 0.6 is 0 Å². The lowest BCUT2D eigenvalue weighted by atomic mass is 9.97. The first-order valence-electron chi connectivity index (χ1n) is 11.5. The van der Waals surface area contributed by atoms with Crippen LogP contribution in [0.1, 0.15) is 37.8 Å². The van der Waals surface area contributed by atoms with Gasteiger partial charge in [-0.1, -0.05) is 50.2 Å². The van der Waals surface area contributed by atoms with Gasteiger partial charge in [-0.15, -0.1) is 0 Å². The van der Waals surface area contributed by atoms with Gasteiger partial charge in [0, 0.05) is 11.8 Å². The third-order valence-electron chi connectivity index (χ3n) is 6.52. The van der Waals surface area contributed by atoms with E-state index in [1.165, 1.54) is 10.8 Å². The van der Waals surface area contributed by atoms with Crippen molar-refractivity contribution in [3.8, 4) is 11.4 Å². The summed E-state index contributed by atoms with van der Waals surface area (Å²) in [5.41, 5.74) is 4.22. The molecule has 0 fully saturated rings. The molecule has 0 amide bonds. The summed E-state index contributed by atoms with van der Waals surface area (Å²) >= 11 is 0. The fourth-order valence-corrected chi connectivity index (χ4v) is 4.41. The van der Waals surface area contributed by atoms with Crippen molar-refractivity contribution in [3.63, 3.8) is 0 Å². The minimum Gasteiger partial charge on any atom is -0.305 e. The number of halogens is 3. The molecule has 3 heterocycles. The van der Waals surface area contributed by atoms with Gasteiger partial charge in [-0.2, -0.15) is 13.2 Å². The van der Waals surface area contributed by atoms with Gasteiger partial charge >= 0.3 is 11.9 Å². The fraction of sp³-hybridized carbons (Fsp3) is 0.269. The van der Waals surface area contributed by atoms with Gasteiger partial charge in [0.05, 0.1) is 18.4 Å². The van der Waals surface area contributed by atoms with E-state index >= 15 is 0 Å². The Hall–Kier alpha value is -4.08. The van der Waals surface area contributed by atoms with Crippen LogP contribution in [0.25, 0.3) is 22.6 Å². The molecule has 186 valence electrons. The molecule has 0 saturated heterocycles. The molecule has 0 radical (unpaired) electrons. The molecule has 10 heteroatoms. The molecular weight excluding hydrogens is 469 g/mol. The summed E-state index contributed by atoms with van der Waals surface area (Å²) in [4.78, 5) is 24.7. The summed E-state index contributed by atoms with van der Waals surface area (Å²) in [6, 6.07) is 14.5. The number of H-pyrrole nitrogens is 1. The number of aromatic nitrogens is 4. The van der Waals surface area contributed by atoms with Gasteiger partial charge in [0.1, 0.15) is 5.52 Å². The van der Waals surface area contributed by atoms with Crippen LogP contribution in [0.4, 0.5) is 18.9 Å². The standard InChI is InChI=1S/C26H25F3N6O/c1-16(2)19-6-4-5-7-20(19)22-30-14-21-23(33-22)34(24(36)32-21)15-17-8-10-18(11-9-17)35-25(3,12-13-31-35)26(27,28)29/h4-14,16,31H,15H2,1-3H3,(H,32,36). The number of rotatable bonds is 5. The van der Waals surface area contributed by atoms with Crippen molar-refractivity contribution in [1.29, 1.82) is 0 Å². The third kappa shape index (κ3) is 3.92. The van der Waals surface area contributed by atoms with E-state index in [-0.39, 0.29) is 18.2 Å². The van der Waals surface area contributed by atoms with Gasteiger partial charge in [0.2, 0.25) is 0 Å². The topological polar surface area (TPSA) is 78.8 Å². The molecule has 2 aromatic carbocycles. The Bertz CT molecular complexity index is 1500. The van der Waals surface area contributed by atoms with Crippen LogP contribution in [0.5, 0.6) is 0 Å². The third-order valence-corrected chi connectivity index (χ3v) is 6.52. The fourth-order valence-electron chi connectivity index (χ4n) is 4.41. The second kappa shape index (κ2) is 8.54. The quantitative estimate of drug-likeness (QED) is 0.403. The molecule has 1 aliphatic rings. The van der Waals surface area contributed by atoms with E-state index in [4.69, 9.17) is 4.98 Å². The van der Waals surface area contributed by atoms with E-state index in [9.17, 15) is 18.0 Å². The van der Waals surface area contributed by atoms with Crippen molar-refractivity contribution in [1.82, 2.24) is 24.9 Å². The van der Waals surface area contributed by atoms with Crippen LogP contribution in [0.2, 0.25) is 0 Å². The Kier molecular flexibility index (Phi) is 5.61. The van der Waals surface area contributed by atoms with Crippen molar-refractivity contribution < 1.29 is 13.2 Å². The predicted molar refractivity (Wildman–Crippen MR) is 132 cm³/mol. The molecule has 1 aliphatic heterocycles. The number of hydrogen-bond donors (Lipinski definition) is 2. The molecule has 5 rings (SSSR count). The number of benzene rings is 2. The lowest BCUT2D eigenvalue weighted by Crippen LogP contribution is -2.56. The van der Waals surface area contributed by atoms with Crippen LogP contribution in [-0.4, -0.2) is 31.2 Å². The largest absolute Gasteiger partial charge is 0.416 e. The summed E-state index contributed by atoms with van der Waals surface area (Å²) in [5.74, 6) is 0.792. The molecule has 1 unspecified atom stereocenters. The number of imidazole rings is 1.